The summed E-state index contributed by atoms with van der Waals surface area (Å²) < 4.78 is 50.9. The zero-order valence-corrected chi connectivity index (χ0v) is 17.0. The van der Waals surface area contributed by atoms with Gasteiger partial charge in [-0.3, -0.25) is 4.79 Å². The van der Waals surface area contributed by atoms with E-state index in [1.165, 1.54) is 6.07 Å². The molecule has 6 nitrogen and oxygen atoms in total. The molecule has 0 radical (unpaired) electrons. The van der Waals surface area contributed by atoms with E-state index in [4.69, 9.17) is 9.15 Å². The predicted molar refractivity (Wildman–Crippen MR) is 108 cm³/mol. The lowest BCUT2D eigenvalue weighted by Crippen LogP contribution is -2.36. The number of ether oxygens (including phenoxy) is 1. The molecule has 0 atom stereocenters. The van der Waals surface area contributed by atoms with Crippen molar-refractivity contribution in [1.29, 1.82) is 0 Å². The first kappa shape index (κ1) is 21.7. The first-order chi connectivity index (χ1) is 14.8. The van der Waals surface area contributed by atoms with E-state index < -0.39 is 23.8 Å². The van der Waals surface area contributed by atoms with Crippen molar-refractivity contribution in [3.63, 3.8) is 0 Å². The number of aliphatic hydroxyl groups is 1. The molecule has 4 rings (SSSR count). The highest BCUT2D eigenvalue weighted by Crippen LogP contribution is 2.37. The number of hydrogen-bond acceptors (Lipinski definition) is 5. The average Bonchev–Trinajstić information content (AvgIpc) is 3.25. The highest BCUT2D eigenvalue weighted by Gasteiger charge is 2.32. The van der Waals surface area contributed by atoms with Crippen LogP contribution in [0, 0.1) is 0 Å². The summed E-state index contributed by atoms with van der Waals surface area (Å²) in [6.45, 7) is 2.24. The van der Waals surface area contributed by atoms with Gasteiger partial charge in [-0.2, -0.15) is 13.2 Å². The molecule has 3 heterocycles. The summed E-state index contributed by atoms with van der Waals surface area (Å²) in [7, 11) is 0. The van der Waals surface area contributed by atoms with Gasteiger partial charge in [0.1, 0.15) is 5.76 Å². The average molecular weight is 438 g/mol. The number of nitrogens with zero attached hydrogens (tertiary/aromatic N) is 1. The fourth-order valence-electron chi connectivity index (χ4n) is 4.06. The molecule has 0 aliphatic carbocycles. The van der Waals surface area contributed by atoms with Gasteiger partial charge in [-0.1, -0.05) is 0 Å². The van der Waals surface area contributed by atoms with Crippen LogP contribution in [0.4, 0.5) is 24.5 Å². The highest BCUT2D eigenvalue weighted by atomic mass is 19.4. The summed E-state index contributed by atoms with van der Waals surface area (Å²) >= 11 is 0. The molecule has 168 valence electrons. The SMILES string of the molecule is O=C(Nc1cc(C(F)(F)F)ccc1N1CCC(O)CC1)c1ccc(C2CCOCC2)o1. The molecule has 2 saturated heterocycles. The van der Waals surface area contributed by atoms with Crippen LogP contribution in [-0.4, -0.2) is 43.4 Å². The van der Waals surface area contributed by atoms with Crippen LogP contribution < -0.4 is 10.2 Å². The second kappa shape index (κ2) is 8.92. The van der Waals surface area contributed by atoms with Gasteiger partial charge in [0.05, 0.1) is 23.0 Å². The Bertz CT molecular complexity index is 914. The fourth-order valence-corrected chi connectivity index (χ4v) is 4.06. The molecule has 0 bridgehead atoms. The third-order valence-corrected chi connectivity index (χ3v) is 5.85. The van der Waals surface area contributed by atoms with Crippen LogP contribution in [0.1, 0.15) is 53.5 Å². The van der Waals surface area contributed by atoms with Gasteiger partial charge in [-0.05, 0) is 56.0 Å². The van der Waals surface area contributed by atoms with E-state index >= 15 is 0 Å². The van der Waals surface area contributed by atoms with Gasteiger partial charge in [0.2, 0.25) is 0 Å². The molecule has 0 saturated carbocycles. The molecule has 2 N–H and O–H groups in total. The Morgan fingerprint density at radius 2 is 1.77 bits per heavy atom. The van der Waals surface area contributed by atoms with Crippen LogP contribution in [-0.2, 0) is 10.9 Å². The maximum Gasteiger partial charge on any atom is 0.416 e. The molecule has 2 aromatic rings. The number of hydrogen-bond donors (Lipinski definition) is 2. The Morgan fingerprint density at radius 1 is 1.06 bits per heavy atom. The van der Waals surface area contributed by atoms with Gasteiger partial charge in [0, 0.05) is 32.2 Å². The van der Waals surface area contributed by atoms with E-state index in [0.29, 0.717) is 50.6 Å². The largest absolute Gasteiger partial charge is 0.456 e. The molecule has 2 aliphatic rings. The van der Waals surface area contributed by atoms with Crippen molar-refractivity contribution in [2.24, 2.45) is 0 Å². The number of rotatable bonds is 4. The Labute approximate surface area is 178 Å². The maximum atomic E-state index is 13.3. The number of piperidine rings is 1. The Morgan fingerprint density at radius 3 is 2.45 bits per heavy atom. The summed E-state index contributed by atoms with van der Waals surface area (Å²) in [5.41, 5.74) is -0.282. The minimum absolute atomic E-state index is 0.0546. The standard InChI is InChI=1S/C22H25F3N2O4/c23-22(24,25)15-1-2-18(27-9-5-16(28)6-10-27)17(13-15)26-21(29)20-4-3-19(31-20)14-7-11-30-12-8-14/h1-4,13-14,16,28H,5-12H2,(H,26,29). The fraction of sp³-hybridized carbons (Fsp3) is 0.500. The van der Waals surface area contributed by atoms with Crippen molar-refractivity contribution in [3.05, 3.63) is 47.4 Å². The van der Waals surface area contributed by atoms with Gasteiger partial charge < -0.3 is 24.5 Å². The van der Waals surface area contributed by atoms with Crippen LogP contribution in [0.2, 0.25) is 0 Å². The van der Waals surface area contributed by atoms with Gasteiger partial charge in [0.15, 0.2) is 5.76 Å². The molecule has 1 aromatic heterocycles. The smallest absolute Gasteiger partial charge is 0.416 e. The van der Waals surface area contributed by atoms with E-state index in [9.17, 15) is 23.1 Å². The topological polar surface area (TPSA) is 74.9 Å². The lowest BCUT2D eigenvalue weighted by Gasteiger charge is -2.33. The van der Waals surface area contributed by atoms with E-state index in [1.54, 1.807) is 12.1 Å². The van der Waals surface area contributed by atoms with E-state index in [-0.39, 0.29) is 17.4 Å². The molecule has 0 unspecified atom stereocenters. The van der Waals surface area contributed by atoms with Crippen LogP contribution in [0.3, 0.4) is 0 Å². The van der Waals surface area contributed by atoms with Gasteiger partial charge in [-0.15, -0.1) is 0 Å². The summed E-state index contributed by atoms with van der Waals surface area (Å²) in [5, 5.41) is 12.3. The van der Waals surface area contributed by atoms with Crippen molar-refractivity contribution in [3.8, 4) is 0 Å². The van der Waals surface area contributed by atoms with Crippen molar-refractivity contribution in [1.82, 2.24) is 0 Å². The first-order valence-corrected chi connectivity index (χ1v) is 10.4. The number of anilines is 2. The van der Waals surface area contributed by atoms with Crippen molar-refractivity contribution >= 4 is 17.3 Å². The maximum absolute atomic E-state index is 13.3. The Kier molecular flexibility index (Phi) is 6.24. The summed E-state index contributed by atoms with van der Waals surface area (Å²) in [4.78, 5) is 14.7. The number of nitrogens with one attached hydrogen (secondary N) is 1. The number of benzene rings is 1. The molecular formula is C22H25F3N2O4. The van der Waals surface area contributed by atoms with Crippen LogP contribution in [0.25, 0.3) is 0 Å². The van der Waals surface area contributed by atoms with Crippen molar-refractivity contribution in [2.75, 3.05) is 36.5 Å². The second-order valence-corrected chi connectivity index (χ2v) is 7.99. The summed E-state index contributed by atoms with van der Waals surface area (Å²) in [6.07, 6.45) is -2.32. The first-order valence-electron chi connectivity index (χ1n) is 10.4. The molecule has 1 aromatic carbocycles. The zero-order valence-electron chi connectivity index (χ0n) is 17.0. The number of halogens is 3. The number of furan rings is 1. The van der Waals surface area contributed by atoms with E-state index in [2.05, 4.69) is 5.32 Å². The Hall–Kier alpha value is -2.52. The molecular weight excluding hydrogens is 413 g/mol. The molecule has 1 amide bonds. The van der Waals surface area contributed by atoms with Crippen LogP contribution in [0.5, 0.6) is 0 Å². The Balaban J connectivity index is 1.56. The summed E-state index contributed by atoms with van der Waals surface area (Å²) in [6, 6.07) is 6.60. The lowest BCUT2D eigenvalue weighted by molar-refractivity contribution is -0.137. The predicted octanol–water partition coefficient (Wildman–Crippen LogP) is 4.41. The minimum atomic E-state index is -4.53. The monoisotopic (exact) mass is 438 g/mol. The molecule has 0 spiro atoms. The number of aliphatic hydroxyl groups excluding tert-OH is 1. The molecule has 2 fully saturated rings. The number of carbonyl (C=O) groups is 1. The zero-order chi connectivity index (χ0) is 22.0. The lowest BCUT2D eigenvalue weighted by atomic mass is 9.98. The quantitative estimate of drug-likeness (QED) is 0.740. The second-order valence-electron chi connectivity index (χ2n) is 7.99. The molecule has 2 aliphatic heterocycles. The number of alkyl halides is 3. The van der Waals surface area contributed by atoms with E-state index in [1.807, 2.05) is 4.90 Å². The highest BCUT2D eigenvalue weighted by molar-refractivity contribution is 6.04. The van der Waals surface area contributed by atoms with E-state index in [0.717, 1.165) is 25.0 Å². The number of carbonyl (C=O) groups excluding carboxylic acids is 1. The van der Waals surface area contributed by atoms with Gasteiger partial charge >= 0.3 is 6.18 Å². The summed E-state index contributed by atoms with van der Waals surface area (Å²) in [5.74, 6) is 0.303. The normalized spacial score (nSPS) is 18.9. The minimum Gasteiger partial charge on any atom is -0.456 e. The molecule has 9 heteroatoms. The van der Waals surface area contributed by atoms with Gasteiger partial charge in [-0.25, -0.2) is 0 Å². The number of amides is 1. The van der Waals surface area contributed by atoms with Crippen molar-refractivity contribution in [2.45, 2.75) is 43.9 Å². The third kappa shape index (κ3) is 5.04. The van der Waals surface area contributed by atoms with Gasteiger partial charge in [0.25, 0.3) is 5.91 Å². The molecule has 31 heavy (non-hydrogen) atoms. The van der Waals surface area contributed by atoms with Crippen LogP contribution >= 0.6 is 0 Å². The van der Waals surface area contributed by atoms with Crippen LogP contribution in [0.15, 0.2) is 34.7 Å². The van der Waals surface area contributed by atoms with Crippen molar-refractivity contribution < 1.29 is 32.2 Å². The third-order valence-electron chi connectivity index (χ3n) is 5.85.